The minimum atomic E-state index is -4.87. The van der Waals surface area contributed by atoms with E-state index in [0.29, 0.717) is 24.9 Å². The van der Waals surface area contributed by atoms with Crippen molar-refractivity contribution in [2.45, 2.75) is 56.7 Å². The summed E-state index contributed by atoms with van der Waals surface area (Å²) in [6.07, 6.45) is -6.79. The molecule has 0 atom stereocenters. The molecule has 3 aromatic rings. The van der Waals surface area contributed by atoms with E-state index in [9.17, 15) is 26.3 Å². The van der Waals surface area contributed by atoms with Crippen molar-refractivity contribution in [2.24, 2.45) is 0 Å². The molecule has 0 spiro atoms. The van der Waals surface area contributed by atoms with Crippen molar-refractivity contribution in [3.8, 4) is 0 Å². The quantitative estimate of drug-likeness (QED) is 0.384. The molecule has 2 N–H and O–H groups in total. The molecule has 1 aliphatic carbocycles. The lowest BCUT2D eigenvalue weighted by Gasteiger charge is -2.30. The zero-order chi connectivity index (χ0) is 26.1. The Morgan fingerprint density at radius 3 is 2.17 bits per heavy atom. The molecule has 4 rings (SSSR count). The first kappa shape index (κ1) is 26.0. The summed E-state index contributed by atoms with van der Waals surface area (Å²) in [5.41, 5.74) is -1.94. The van der Waals surface area contributed by atoms with Crippen molar-refractivity contribution >= 4 is 22.7 Å². The molecule has 0 amide bonds. The second-order valence-corrected chi connectivity index (χ2v) is 9.22. The van der Waals surface area contributed by atoms with Gasteiger partial charge in [-0.3, -0.25) is 0 Å². The van der Waals surface area contributed by atoms with Crippen LogP contribution in [0.3, 0.4) is 0 Å². The Bertz CT molecular complexity index is 1200. The predicted octanol–water partition coefficient (Wildman–Crippen LogP) is 6.25. The second kappa shape index (κ2) is 10.1. The minimum absolute atomic E-state index is 0.0405. The van der Waals surface area contributed by atoms with Crippen LogP contribution in [0.5, 0.6) is 0 Å². The Hall–Kier alpha value is -3.08. The first-order valence-electron chi connectivity index (χ1n) is 11.6. The Morgan fingerprint density at radius 1 is 0.861 bits per heavy atom. The number of benzene rings is 2. The largest absolute Gasteiger partial charge is 0.416 e. The van der Waals surface area contributed by atoms with Crippen LogP contribution < -0.4 is 15.5 Å². The van der Waals surface area contributed by atoms with Gasteiger partial charge in [0.2, 0.25) is 5.95 Å². The van der Waals surface area contributed by atoms with E-state index in [2.05, 4.69) is 20.6 Å². The standard InChI is InChI=1S/C25H27F6N5/c1-36(2)22-19-5-3-4-6-21(19)34-23(35-22)33-18-11-9-17(10-12-18)32-14-15-7-8-16(24(26,27)28)13-20(15)25(29,30)31/h3-8,13,17-18,32H,9-12,14H2,1-2H3,(H,33,34,35). The molecule has 0 radical (unpaired) electrons. The third-order valence-corrected chi connectivity index (χ3v) is 6.39. The number of anilines is 2. The number of para-hydroxylation sites is 1. The lowest BCUT2D eigenvalue weighted by atomic mass is 9.91. The molecule has 2 aromatic carbocycles. The molecule has 0 saturated heterocycles. The van der Waals surface area contributed by atoms with Crippen LogP contribution in [0.4, 0.5) is 38.1 Å². The zero-order valence-corrected chi connectivity index (χ0v) is 19.8. The van der Waals surface area contributed by atoms with Crippen molar-refractivity contribution in [3.05, 3.63) is 59.2 Å². The van der Waals surface area contributed by atoms with Gasteiger partial charge in [-0.15, -0.1) is 0 Å². The number of rotatable bonds is 6. The van der Waals surface area contributed by atoms with E-state index in [1.54, 1.807) is 0 Å². The highest BCUT2D eigenvalue weighted by Gasteiger charge is 2.38. The van der Waals surface area contributed by atoms with Crippen LogP contribution in [0.15, 0.2) is 42.5 Å². The molecule has 1 fully saturated rings. The lowest BCUT2D eigenvalue weighted by Crippen LogP contribution is -2.37. The van der Waals surface area contributed by atoms with Gasteiger partial charge >= 0.3 is 12.4 Å². The van der Waals surface area contributed by atoms with Crippen molar-refractivity contribution in [3.63, 3.8) is 0 Å². The predicted molar refractivity (Wildman–Crippen MR) is 127 cm³/mol. The molecule has 194 valence electrons. The van der Waals surface area contributed by atoms with Crippen molar-refractivity contribution in [2.75, 3.05) is 24.3 Å². The van der Waals surface area contributed by atoms with Gasteiger partial charge in [0.1, 0.15) is 5.82 Å². The minimum Gasteiger partial charge on any atom is -0.362 e. The molecule has 1 saturated carbocycles. The van der Waals surface area contributed by atoms with Crippen molar-refractivity contribution in [1.82, 2.24) is 15.3 Å². The normalized spacial score (nSPS) is 18.9. The van der Waals surface area contributed by atoms with E-state index in [4.69, 9.17) is 0 Å². The maximum atomic E-state index is 13.4. The summed E-state index contributed by atoms with van der Waals surface area (Å²) in [6, 6.07) is 9.59. The van der Waals surface area contributed by atoms with Gasteiger partial charge in [0.15, 0.2) is 0 Å². The fourth-order valence-electron chi connectivity index (χ4n) is 4.51. The van der Waals surface area contributed by atoms with Crippen molar-refractivity contribution in [1.29, 1.82) is 0 Å². The SMILES string of the molecule is CN(C)c1nc(NC2CCC(NCc3ccc(C(F)(F)F)cc3C(F)(F)F)CC2)nc2ccccc12. The van der Waals surface area contributed by atoms with Gasteiger partial charge in [0, 0.05) is 38.1 Å². The zero-order valence-electron chi connectivity index (χ0n) is 19.8. The van der Waals surface area contributed by atoms with E-state index < -0.39 is 23.5 Å². The van der Waals surface area contributed by atoms with Gasteiger partial charge < -0.3 is 15.5 Å². The molecule has 1 heterocycles. The topological polar surface area (TPSA) is 53.1 Å². The number of hydrogen-bond donors (Lipinski definition) is 2. The van der Waals surface area contributed by atoms with E-state index in [1.807, 2.05) is 43.3 Å². The number of fused-ring (bicyclic) bond motifs is 1. The maximum Gasteiger partial charge on any atom is 0.416 e. The highest BCUT2D eigenvalue weighted by molar-refractivity contribution is 5.90. The first-order chi connectivity index (χ1) is 16.9. The molecule has 11 heteroatoms. The number of aromatic nitrogens is 2. The fraction of sp³-hybridized carbons (Fsp3) is 0.440. The Morgan fingerprint density at radius 2 is 1.53 bits per heavy atom. The fourth-order valence-corrected chi connectivity index (χ4v) is 4.51. The van der Waals surface area contributed by atoms with E-state index in [0.717, 1.165) is 35.6 Å². The average Bonchev–Trinajstić information content (AvgIpc) is 2.81. The lowest BCUT2D eigenvalue weighted by molar-refractivity contribution is -0.143. The molecule has 1 aliphatic rings. The number of alkyl halides is 6. The molecule has 0 unspecified atom stereocenters. The average molecular weight is 512 g/mol. The van der Waals surface area contributed by atoms with Crippen LogP contribution in [-0.4, -0.2) is 36.1 Å². The molecule has 0 aliphatic heterocycles. The highest BCUT2D eigenvalue weighted by Crippen LogP contribution is 2.37. The van der Waals surface area contributed by atoms with Gasteiger partial charge in [-0.25, -0.2) is 4.98 Å². The molecular weight excluding hydrogens is 484 g/mol. The molecule has 1 aromatic heterocycles. The van der Waals surface area contributed by atoms with E-state index >= 15 is 0 Å². The Kier molecular flexibility index (Phi) is 7.31. The van der Waals surface area contributed by atoms with Gasteiger partial charge in [-0.05, 0) is 55.5 Å². The van der Waals surface area contributed by atoms with E-state index in [1.165, 1.54) is 0 Å². The van der Waals surface area contributed by atoms with Gasteiger partial charge in [-0.2, -0.15) is 31.3 Å². The summed E-state index contributed by atoms with van der Waals surface area (Å²) >= 11 is 0. The van der Waals surface area contributed by atoms with Crippen LogP contribution >= 0.6 is 0 Å². The summed E-state index contributed by atoms with van der Waals surface area (Å²) in [5, 5.41) is 7.42. The second-order valence-electron chi connectivity index (χ2n) is 9.22. The van der Waals surface area contributed by atoms with Gasteiger partial charge in [0.25, 0.3) is 0 Å². The summed E-state index contributed by atoms with van der Waals surface area (Å²) in [6.45, 7) is -0.157. The Labute approximate surface area is 204 Å². The maximum absolute atomic E-state index is 13.4. The summed E-state index contributed by atoms with van der Waals surface area (Å²) in [4.78, 5) is 11.2. The van der Waals surface area contributed by atoms with Gasteiger partial charge in [0.05, 0.1) is 16.6 Å². The van der Waals surface area contributed by atoms with Crippen LogP contribution in [0.2, 0.25) is 0 Å². The molecule has 36 heavy (non-hydrogen) atoms. The summed E-state index contributed by atoms with van der Waals surface area (Å²) < 4.78 is 78.9. The van der Waals surface area contributed by atoms with Crippen LogP contribution in [-0.2, 0) is 18.9 Å². The highest BCUT2D eigenvalue weighted by atomic mass is 19.4. The number of hydrogen-bond acceptors (Lipinski definition) is 5. The molecule has 5 nitrogen and oxygen atoms in total. The van der Waals surface area contributed by atoms with Crippen LogP contribution in [0.1, 0.15) is 42.4 Å². The van der Waals surface area contributed by atoms with Crippen LogP contribution in [0, 0.1) is 0 Å². The smallest absolute Gasteiger partial charge is 0.362 e. The number of nitrogens with zero attached hydrogens (tertiary/aromatic N) is 3. The molecule has 0 bridgehead atoms. The third kappa shape index (κ3) is 6.00. The number of nitrogens with one attached hydrogen (secondary N) is 2. The summed E-state index contributed by atoms with van der Waals surface area (Å²) in [5.74, 6) is 1.32. The number of halogens is 6. The third-order valence-electron chi connectivity index (χ3n) is 6.39. The molecular formula is C25H27F6N5. The monoisotopic (exact) mass is 511 g/mol. The van der Waals surface area contributed by atoms with Crippen LogP contribution in [0.25, 0.3) is 10.9 Å². The van der Waals surface area contributed by atoms with Crippen molar-refractivity contribution < 1.29 is 26.3 Å². The first-order valence-corrected chi connectivity index (χ1v) is 11.6. The van der Waals surface area contributed by atoms with Gasteiger partial charge in [-0.1, -0.05) is 18.2 Å². The summed E-state index contributed by atoms with van der Waals surface area (Å²) in [7, 11) is 3.83. The Balaban J connectivity index is 1.37. The van der Waals surface area contributed by atoms with E-state index in [-0.39, 0.29) is 30.3 Å².